The lowest BCUT2D eigenvalue weighted by atomic mass is 10.2. The van der Waals surface area contributed by atoms with Gasteiger partial charge in [-0.1, -0.05) is 13.8 Å². The van der Waals surface area contributed by atoms with E-state index in [0.717, 1.165) is 6.42 Å². The van der Waals surface area contributed by atoms with Crippen molar-refractivity contribution in [2.45, 2.75) is 52.2 Å². The minimum Gasteiger partial charge on any atom is -0.466 e. The summed E-state index contributed by atoms with van der Waals surface area (Å²) < 4.78 is 10.7. The summed E-state index contributed by atoms with van der Waals surface area (Å²) in [6, 6.07) is 0. The zero-order valence-corrected chi connectivity index (χ0v) is 11.3. The van der Waals surface area contributed by atoms with Gasteiger partial charge in [-0.05, 0) is 27.2 Å². The molecule has 0 spiro atoms. The van der Waals surface area contributed by atoms with Gasteiger partial charge in [-0.3, -0.25) is 4.79 Å². The number of carbonyl (C=O) groups is 1. The maximum Gasteiger partial charge on any atom is 0.307 e. The van der Waals surface area contributed by atoms with Crippen LogP contribution in [0.25, 0.3) is 0 Å². The summed E-state index contributed by atoms with van der Waals surface area (Å²) in [5, 5.41) is 0. The molecule has 0 heterocycles. The van der Waals surface area contributed by atoms with Gasteiger partial charge in [0.05, 0.1) is 12.1 Å². The molecular weight excluding hydrogens is 196 g/mol. The molecule has 1 atom stereocenters. The molecule has 0 radical (unpaired) electrons. The Balaban J connectivity index is 3.73. The fourth-order valence-electron chi connectivity index (χ4n) is 0.788. The van der Waals surface area contributed by atoms with Crippen molar-refractivity contribution < 1.29 is 14.0 Å². The van der Waals surface area contributed by atoms with E-state index in [2.05, 4.69) is 0 Å². The van der Waals surface area contributed by atoms with Crippen LogP contribution >= 0.6 is 0 Å². The largest absolute Gasteiger partial charge is 0.466 e. The number of rotatable bonds is 5. The molecule has 0 rings (SSSR count). The van der Waals surface area contributed by atoms with Gasteiger partial charge < -0.3 is 9.16 Å². The summed E-state index contributed by atoms with van der Waals surface area (Å²) in [5.41, 5.74) is -0.174. The number of hydrogen-bond donors (Lipinski definition) is 0. The van der Waals surface area contributed by atoms with E-state index in [9.17, 15) is 4.79 Å². The normalized spacial score (nSPS) is 14.6. The fourth-order valence-corrected chi connectivity index (χ4v) is 1.79. The third-order valence-electron chi connectivity index (χ3n) is 1.62. The highest BCUT2D eigenvalue weighted by atomic mass is 28.2. The lowest BCUT2D eigenvalue weighted by Crippen LogP contribution is -2.27. The topological polar surface area (TPSA) is 35.5 Å². The van der Waals surface area contributed by atoms with Gasteiger partial charge in [0.2, 0.25) is 0 Å². The van der Waals surface area contributed by atoms with Gasteiger partial charge in [-0.25, -0.2) is 0 Å². The van der Waals surface area contributed by atoms with E-state index in [0.29, 0.717) is 6.61 Å². The standard InChI is InChI=1S/C10H22O3Si/c1-6-7-12-9(11)8(2)14-13-10(3,4)5/h8H,6-7,14H2,1-5H3. The molecule has 0 saturated heterocycles. The number of carbonyl (C=O) groups excluding carboxylic acids is 1. The van der Waals surface area contributed by atoms with Crippen LogP contribution in [0.2, 0.25) is 5.54 Å². The predicted octanol–water partition coefficient (Wildman–Crippen LogP) is 1.65. The maximum absolute atomic E-state index is 11.4. The highest BCUT2D eigenvalue weighted by molar-refractivity contribution is 6.36. The Morgan fingerprint density at radius 1 is 1.43 bits per heavy atom. The Kier molecular flexibility index (Phi) is 6.03. The fraction of sp³-hybridized carbons (Fsp3) is 0.900. The van der Waals surface area contributed by atoms with Crippen molar-refractivity contribution in [2.75, 3.05) is 6.61 Å². The molecule has 0 N–H and O–H groups in total. The highest BCUT2D eigenvalue weighted by Crippen LogP contribution is 2.11. The molecule has 3 nitrogen and oxygen atoms in total. The van der Waals surface area contributed by atoms with Crippen molar-refractivity contribution in [1.82, 2.24) is 0 Å². The minimum absolute atomic E-state index is 0.0409. The molecule has 84 valence electrons. The molecule has 0 fully saturated rings. The average molecular weight is 218 g/mol. The lowest BCUT2D eigenvalue weighted by molar-refractivity contribution is -0.143. The van der Waals surface area contributed by atoms with E-state index in [-0.39, 0.29) is 17.1 Å². The van der Waals surface area contributed by atoms with E-state index in [4.69, 9.17) is 9.16 Å². The smallest absolute Gasteiger partial charge is 0.307 e. The third kappa shape index (κ3) is 7.09. The average Bonchev–Trinajstić information content (AvgIpc) is 2.09. The van der Waals surface area contributed by atoms with Gasteiger partial charge in [0.1, 0.15) is 0 Å². The van der Waals surface area contributed by atoms with Gasteiger partial charge in [-0.2, -0.15) is 0 Å². The summed E-state index contributed by atoms with van der Waals surface area (Å²) in [5.74, 6) is -0.109. The van der Waals surface area contributed by atoms with Crippen LogP contribution in [0.1, 0.15) is 41.0 Å². The Labute approximate surface area is 89.1 Å². The van der Waals surface area contributed by atoms with Crippen LogP contribution in [0.15, 0.2) is 0 Å². The first-order valence-corrected chi connectivity index (χ1v) is 6.56. The molecule has 0 aromatic rings. The van der Waals surface area contributed by atoms with Crippen molar-refractivity contribution in [3.05, 3.63) is 0 Å². The van der Waals surface area contributed by atoms with Gasteiger partial charge in [0, 0.05) is 5.60 Å². The molecular formula is C10H22O3Si. The van der Waals surface area contributed by atoms with Gasteiger partial charge >= 0.3 is 5.97 Å². The van der Waals surface area contributed by atoms with Gasteiger partial charge in [0.25, 0.3) is 0 Å². The Morgan fingerprint density at radius 3 is 2.43 bits per heavy atom. The third-order valence-corrected chi connectivity index (χ3v) is 3.48. The summed E-state index contributed by atoms with van der Waals surface area (Å²) in [4.78, 5) is 11.4. The second kappa shape index (κ2) is 6.19. The molecule has 0 aliphatic rings. The van der Waals surface area contributed by atoms with Crippen molar-refractivity contribution in [3.8, 4) is 0 Å². The molecule has 0 amide bonds. The predicted molar refractivity (Wildman–Crippen MR) is 60.1 cm³/mol. The Bertz CT molecular complexity index is 175. The second-order valence-electron chi connectivity index (χ2n) is 4.49. The van der Waals surface area contributed by atoms with E-state index in [1.165, 1.54) is 0 Å². The van der Waals surface area contributed by atoms with Gasteiger partial charge in [0.15, 0.2) is 9.76 Å². The summed E-state index contributed by atoms with van der Waals surface area (Å²) >= 11 is 0. The van der Waals surface area contributed by atoms with Crippen LogP contribution in [-0.4, -0.2) is 27.9 Å². The molecule has 14 heavy (non-hydrogen) atoms. The van der Waals surface area contributed by atoms with Crippen LogP contribution in [-0.2, 0) is 14.0 Å². The van der Waals surface area contributed by atoms with Crippen LogP contribution in [0.3, 0.4) is 0 Å². The van der Waals surface area contributed by atoms with Crippen molar-refractivity contribution in [2.24, 2.45) is 0 Å². The monoisotopic (exact) mass is 218 g/mol. The van der Waals surface area contributed by atoms with E-state index < -0.39 is 9.76 Å². The quantitative estimate of drug-likeness (QED) is 0.520. The summed E-state index contributed by atoms with van der Waals surface area (Å²) in [6.45, 7) is 10.4. The SMILES string of the molecule is CCCOC(=O)C(C)[SiH2]OC(C)(C)C. The number of ether oxygens (including phenoxy) is 1. The number of esters is 1. The second-order valence-corrected chi connectivity index (χ2v) is 6.34. The maximum atomic E-state index is 11.4. The van der Waals surface area contributed by atoms with Crippen LogP contribution in [0.5, 0.6) is 0 Å². The molecule has 0 aliphatic carbocycles. The zero-order valence-electron chi connectivity index (χ0n) is 9.92. The summed E-state index contributed by atoms with van der Waals surface area (Å²) in [7, 11) is -0.818. The van der Waals surface area contributed by atoms with Crippen molar-refractivity contribution in [3.63, 3.8) is 0 Å². The number of hydrogen-bond acceptors (Lipinski definition) is 3. The van der Waals surface area contributed by atoms with Crippen LogP contribution < -0.4 is 0 Å². The molecule has 0 aromatic carbocycles. The van der Waals surface area contributed by atoms with Crippen molar-refractivity contribution in [1.29, 1.82) is 0 Å². The lowest BCUT2D eigenvalue weighted by Gasteiger charge is -2.21. The molecule has 0 aliphatic heterocycles. The van der Waals surface area contributed by atoms with Crippen LogP contribution in [0.4, 0.5) is 0 Å². The van der Waals surface area contributed by atoms with Crippen LogP contribution in [0, 0.1) is 0 Å². The zero-order chi connectivity index (χ0) is 11.2. The molecule has 0 bridgehead atoms. The van der Waals surface area contributed by atoms with E-state index in [1.807, 2.05) is 34.6 Å². The van der Waals surface area contributed by atoms with Crippen molar-refractivity contribution >= 4 is 15.7 Å². The molecule has 1 unspecified atom stereocenters. The first-order chi connectivity index (χ1) is 6.37. The summed E-state index contributed by atoms with van der Waals surface area (Å²) in [6.07, 6.45) is 0.875. The van der Waals surface area contributed by atoms with E-state index >= 15 is 0 Å². The highest BCUT2D eigenvalue weighted by Gasteiger charge is 2.19. The minimum atomic E-state index is -0.818. The first-order valence-electron chi connectivity index (χ1n) is 5.17. The Morgan fingerprint density at radius 2 is 2.00 bits per heavy atom. The molecule has 0 aromatic heterocycles. The Hall–Kier alpha value is -0.353. The molecule has 4 heteroatoms. The first kappa shape index (κ1) is 13.6. The van der Waals surface area contributed by atoms with E-state index in [1.54, 1.807) is 0 Å². The molecule has 0 saturated carbocycles. The van der Waals surface area contributed by atoms with Gasteiger partial charge in [-0.15, -0.1) is 0 Å².